The van der Waals surface area contributed by atoms with Gasteiger partial charge in [0.25, 0.3) is 5.91 Å². The largest absolute Gasteiger partial charge is 0.493 e. The van der Waals surface area contributed by atoms with Crippen LogP contribution in [0.25, 0.3) is 6.08 Å². The van der Waals surface area contributed by atoms with E-state index in [1.54, 1.807) is 24.3 Å². The molecule has 2 aromatic rings. The first kappa shape index (κ1) is 24.2. The van der Waals surface area contributed by atoms with Crippen LogP contribution in [-0.2, 0) is 9.53 Å². The molecule has 1 amide bonds. The highest BCUT2D eigenvalue weighted by Crippen LogP contribution is 2.39. The van der Waals surface area contributed by atoms with Gasteiger partial charge in [0.15, 0.2) is 11.5 Å². The van der Waals surface area contributed by atoms with Gasteiger partial charge in [-0.2, -0.15) is 5.26 Å². The second kappa shape index (κ2) is 11.5. The third-order valence-corrected chi connectivity index (χ3v) is 5.24. The van der Waals surface area contributed by atoms with Gasteiger partial charge >= 0.3 is 0 Å². The average molecular weight is 472 g/mol. The predicted molar refractivity (Wildman–Crippen MR) is 127 cm³/mol. The van der Waals surface area contributed by atoms with E-state index in [-0.39, 0.29) is 5.57 Å². The number of morpholine rings is 1. The molecule has 0 aromatic heterocycles. The third-order valence-electron chi connectivity index (χ3n) is 5.01. The van der Waals surface area contributed by atoms with Gasteiger partial charge in [0.2, 0.25) is 5.75 Å². The molecule has 1 heterocycles. The van der Waals surface area contributed by atoms with Crippen LogP contribution in [0, 0.1) is 11.3 Å². The lowest BCUT2D eigenvalue weighted by atomic mass is 10.1. The Morgan fingerprint density at radius 2 is 1.88 bits per heavy atom. The highest BCUT2D eigenvalue weighted by molar-refractivity contribution is 6.31. The normalized spacial score (nSPS) is 13.8. The van der Waals surface area contributed by atoms with Crippen LogP contribution in [0.5, 0.6) is 17.2 Å². The fourth-order valence-corrected chi connectivity index (χ4v) is 3.64. The molecule has 1 N–H and O–H groups in total. The molecule has 0 unspecified atom stereocenters. The molecule has 1 aliphatic heterocycles. The van der Waals surface area contributed by atoms with Crippen LogP contribution in [0.4, 0.5) is 11.4 Å². The molecule has 0 radical (unpaired) electrons. The van der Waals surface area contributed by atoms with Crippen molar-refractivity contribution in [2.24, 2.45) is 0 Å². The van der Waals surface area contributed by atoms with Crippen LogP contribution in [0.15, 0.2) is 35.9 Å². The van der Waals surface area contributed by atoms with E-state index < -0.39 is 5.91 Å². The summed E-state index contributed by atoms with van der Waals surface area (Å²) in [4.78, 5) is 15.1. The quantitative estimate of drug-likeness (QED) is 0.457. The maximum absolute atomic E-state index is 13.0. The van der Waals surface area contributed by atoms with Gasteiger partial charge in [0.05, 0.1) is 45.4 Å². The molecule has 0 aliphatic carbocycles. The number of carbonyl (C=O) groups is 1. The van der Waals surface area contributed by atoms with Crippen LogP contribution < -0.4 is 24.4 Å². The zero-order valence-corrected chi connectivity index (χ0v) is 19.6. The first-order valence-corrected chi connectivity index (χ1v) is 10.8. The highest BCUT2D eigenvalue weighted by atomic mass is 35.5. The van der Waals surface area contributed by atoms with Crippen molar-refractivity contribution in [2.75, 3.05) is 57.3 Å². The summed E-state index contributed by atoms with van der Waals surface area (Å²) in [5, 5.41) is 13.0. The molecule has 0 atom stereocenters. The van der Waals surface area contributed by atoms with Crippen LogP contribution in [0.1, 0.15) is 12.5 Å². The smallest absolute Gasteiger partial charge is 0.266 e. The van der Waals surface area contributed by atoms with Crippen molar-refractivity contribution in [1.29, 1.82) is 5.26 Å². The maximum atomic E-state index is 13.0. The number of nitrogens with one attached hydrogen (secondary N) is 1. The fourth-order valence-electron chi connectivity index (χ4n) is 3.46. The fraction of sp³-hybridized carbons (Fsp3) is 0.333. The Balaban J connectivity index is 1.91. The lowest BCUT2D eigenvalue weighted by Gasteiger charge is -2.30. The number of ether oxygens (including phenoxy) is 4. The monoisotopic (exact) mass is 471 g/mol. The van der Waals surface area contributed by atoms with E-state index in [0.717, 1.165) is 5.69 Å². The van der Waals surface area contributed by atoms with Crippen LogP contribution in [-0.4, -0.2) is 53.0 Å². The number of hydrogen-bond donors (Lipinski definition) is 1. The zero-order valence-electron chi connectivity index (χ0n) is 18.8. The summed E-state index contributed by atoms with van der Waals surface area (Å²) in [5.41, 5.74) is 1.81. The second-order valence-electron chi connectivity index (χ2n) is 7.07. The topological polar surface area (TPSA) is 93.0 Å². The maximum Gasteiger partial charge on any atom is 0.266 e. The van der Waals surface area contributed by atoms with Crippen LogP contribution in [0.3, 0.4) is 0 Å². The summed E-state index contributed by atoms with van der Waals surface area (Å²) in [5.74, 6) is 0.770. The number of amides is 1. The van der Waals surface area contributed by atoms with E-state index in [4.69, 9.17) is 30.5 Å². The summed E-state index contributed by atoms with van der Waals surface area (Å²) >= 11 is 6.18. The van der Waals surface area contributed by atoms with Gasteiger partial charge in [0.1, 0.15) is 11.6 Å². The summed E-state index contributed by atoms with van der Waals surface area (Å²) in [6, 6.07) is 10.6. The van der Waals surface area contributed by atoms with Gasteiger partial charge in [-0.05, 0) is 48.9 Å². The van der Waals surface area contributed by atoms with Gasteiger partial charge in [-0.3, -0.25) is 4.79 Å². The van der Waals surface area contributed by atoms with Crippen molar-refractivity contribution in [3.05, 3.63) is 46.5 Å². The predicted octanol–water partition coefficient (Wildman–Crippen LogP) is 4.14. The van der Waals surface area contributed by atoms with Gasteiger partial charge in [0, 0.05) is 18.1 Å². The Bertz CT molecular complexity index is 1050. The Hall–Kier alpha value is -3.41. The molecule has 1 fully saturated rings. The van der Waals surface area contributed by atoms with Crippen molar-refractivity contribution >= 4 is 35.0 Å². The number of anilines is 2. The van der Waals surface area contributed by atoms with E-state index >= 15 is 0 Å². The van der Waals surface area contributed by atoms with Crippen molar-refractivity contribution in [3.63, 3.8) is 0 Å². The lowest BCUT2D eigenvalue weighted by Crippen LogP contribution is -2.36. The molecule has 1 aliphatic rings. The number of benzene rings is 2. The average Bonchev–Trinajstić information content (AvgIpc) is 2.83. The standard InChI is InChI=1S/C24H26ClN3O5/c1-4-33-23-21(30-2)12-16(13-22(23)31-3)11-17(15-26)24(29)27-19-14-18(25)5-6-20(19)28-7-9-32-10-8-28/h5-6,11-14H,4,7-10H2,1-3H3,(H,27,29)/b17-11-. The summed E-state index contributed by atoms with van der Waals surface area (Å²) < 4.78 is 21.8. The molecule has 0 bridgehead atoms. The molecule has 8 nitrogen and oxygen atoms in total. The molecule has 2 aromatic carbocycles. The van der Waals surface area contributed by atoms with E-state index in [2.05, 4.69) is 10.2 Å². The molecule has 9 heteroatoms. The summed E-state index contributed by atoms with van der Waals surface area (Å²) in [7, 11) is 3.02. The molecule has 33 heavy (non-hydrogen) atoms. The summed E-state index contributed by atoms with van der Waals surface area (Å²) in [6.45, 7) is 4.86. The first-order valence-electron chi connectivity index (χ1n) is 10.4. The van der Waals surface area contributed by atoms with Crippen molar-refractivity contribution in [3.8, 4) is 23.3 Å². The van der Waals surface area contributed by atoms with Crippen LogP contribution >= 0.6 is 11.6 Å². The van der Waals surface area contributed by atoms with Crippen molar-refractivity contribution < 1.29 is 23.7 Å². The summed E-state index contributed by atoms with van der Waals surface area (Å²) in [6.07, 6.45) is 1.47. The molecule has 174 valence electrons. The Labute approximate surface area is 198 Å². The minimum atomic E-state index is -0.555. The number of nitriles is 1. The third kappa shape index (κ3) is 5.89. The van der Waals surface area contributed by atoms with Gasteiger partial charge in [-0.1, -0.05) is 11.6 Å². The SMILES string of the molecule is CCOc1c(OC)cc(/C=C(/C#N)C(=O)Nc2cc(Cl)ccc2N2CCOCC2)cc1OC. The Morgan fingerprint density at radius 1 is 1.21 bits per heavy atom. The van der Waals surface area contributed by atoms with Crippen LogP contribution in [0.2, 0.25) is 5.02 Å². The molecule has 0 saturated carbocycles. The number of carbonyl (C=O) groups excluding carboxylic acids is 1. The lowest BCUT2D eigenvalue weighted by molar-refractivity contribution is -0.112. The van der Waals surface area contributed by atoms with Gasteiger partial charge < -0.3 is 29.2 Å². The van der Waals surface area contributed by atoms with E-state index in [9.17, 15) is 10.1 Å². The first-order chi connectivity index (χ1) is 16.0. The number of methoxy groups -OCH3 is 2. The van der Waals surface area contributed by atoms with E-state index in [1.165, 1.54) is 20.3 Å². The second-order valence-corrected chi connectivity index (χ2v) is 7.51. The zero-order chi connectivity index (χ0) is 23.8. The van der Waals surface area contributed by atoms with Gasteiger partial charge in [-0.15, -0.1) is 0 Å². The minimum absolute atomic E-state index is 0.0869. The Morgan fingerprint density at radius 3 is 2.45 bits per heavy atom. The minimum Gasteiger partial charge on any atom is -0.493 e. The molecular formula is C24H26ClN3O5. The number of rotatable bonds is 8. The van der Waals surface area contributed by atoms with Crippen molar-refractivity contribution in [2.45, 2.75) is 6.92 Å². The number of nitrogens with zero attached hydrogens (tertiary/aromatic N) is 2. The molecule has 3 rings (SSSR count). The van der Waals surface area contributed by atoms with Crippen molar-refractivity contribution in [1.82, 2.24) is 0 Å². The number of hydrogen-bond acceptors (Lipinski definition) is 7. The molecule has 0 spiro atoms. The highest BCUT2D eigenvalue weighted by Gasteiger charge is 2.19. The molecule has 1 saturated heterocycles. The number of halogens is 1. The van der Waals surface area contributed by atoms with Gasteiger partial charge in [-0.25, -0.2) is 0 Å². The van der Waals surface area contributed by atoms with E-state index in [1.807, 2.05) is 19.1 Å². The molecular weight excluding hydrogens is 446 g/mol. The van der Waals surface area contributed by atoms with E-state index in [0.29, 0.717) is 66.4 Å². The Kier molecular flexibility index (Phi) is 8.41.